The van der Waals surface area contributed by atoms with Gasteiger partial charge in [0, 0.05) is 43.3 Å². The third-order valence-corrected chi connectivity index (χ3v) is 7.05. The molecule has 4 aromatic rings. The summed E-state index contributed by atoms with van der Waals surface area (Å²) in [5.74, 6) is 0.409. The monoisotopic (exact) mass is 531 g/mol. The van der Waals surface area contributed by atoms with Crippen molar-refractivity contribution in [2.75, 3.05) is 36.4 Å². The Morgan fingerprint density at radius 2 is 2.05 bits per heavy atom. The zero-order valence-corrected chi connectivity index (χ0v) is 22.2. The molecule has 1 aliphatic heterocycles. The summed E-state index contributed by atoms with van der Waals surface area (Å²) in [6.45, 7) is 6.38. The minimum atomic E-state index is -0.237. The average Bonchev–Trinajstić information content (AvgIpc) is 3.43. The van der Waals surface area contributed by atoms with Gasteiger partial charge in [0.2, 0.25) is 0 Å². The standard InChI is InChI=1S/C27H30ClN9O/c1-3-4-5-8-21(29)27(38)37-12-10-36(11-13-37)24-19(14-20(28)18-7-6-9-30-22(18)24)17(2)35-26-23-25(32-15-31-23)33-16-34-26/h5-9,14-17,29H,3-4,10-13H2,1-2H3,(H2,31,32,33,34,35). The van der Waals surface area contributed by atoms with Crippen molar-refractivity contribution in [1.29, 1.82) is 5.41 Å². The van der Waals surface area contributed by atoms with Gasteiger partial charge >= 0.3 is 0 Å². The summed E-state index contributed by atoms with van der Waals surface area (Å²) in [5, 5.41) is 13.1. The third-order valence-electron chi connectivity index (χ3n) is 6.74. The molecule has 1 aromatic carbocycles. The van der Waals surface area contributed by atoms with Crippen LogP contribution in [0.3, 0.4) is 0 Å². The Hall–Kier alpha value is -4.05. The van der Waals surface area contributed by atoms with Crippen LogP contribution in [0.15, 0.2) is 49.2 Å². The number of imidazole rings is 1. The maximum atomic E-state index is 12.8. The van der Waals surface area contributed by atoms with Crippen LogP contribution in [-0.2, 0) is 4.79 Å². The molecule has 10 nitrogen and oxygen atoms in total. The summed E-state index contributed by atoms with van der Waals surface area (Å²) in [5.41, 5.74) is 4.11. The number of rotatable bonds is 8. The predicted octanol–water partition coefficient (Wildman–Crippen LogP) is 4.75. The molecule has 3 N–H and O–H groups in total. The lowest BCUT2D eigenvalue weighted by atomic mass is 10.0. The number of aromatic nitrogens is 5. The molecule has 1 atom stereocenters. The Bertz CT molecular complexity index is 1510. The van der Waals surface area contributed by atoms with Gasteiger partial charge in [-0.3, -0.25) is 15.2 Å². The van der Waals surface area contributed by atoms with Gasteiger partial charge < -0.3 is 20.1 Å². The number of anilines is 2. The van der Waals surface area contributed by atoms with Crippen molar-refractivity contribution in [2.24, 2.45) is 0 Å². The Kier molecular flexibility index (Phi) is 7.50. The number of pyridine rings is 1. The molecule has 0 saturated carbocycles. The first-order valence-corrected chi connectivity index (χ1v) is 13.1. The molecule has 5 rings (SSSR count). The molecule has 0 radical (unpaired) electrons. The third kappa shape index (κ3) is 5.04. The highest BCUT2D eigenvalue weighted by Crippen LogP contribution is 2.39. The van der Waals surface area contributed by atoms with E-state index in [1.54, 1.807) is 23.5 Å². The van der Waals surface area contributed by atoms with E-state index in [1.807, 2.05) is 24.3 Å². The number of halogens is 1. The topological polar surface area (TPSA) is 127 Å². The minimum Gasteiger partial charge on any atom is -0.366 e. The largest absolute Gasteiger partial charge is 0.366 e. The van der Waals surface area contributed by atoms with Crippen molar-refractivity contribution in [2.45, 2.75) is 32.7 Å². The Morgan fingerprint density at radius 1 is 1.24 bits per heavy atom. The van der Waals surface area contributed by atoms with E-state index in [1.165, 1.54) is 6.33 Å². The number of carbonyl (C=O) groups excluding carboxylic acids is 1. The van der Waals surface area contributed by atoms with Gasteiger partial charge in [-0.05, 0) is 37.6 Å². The molecule has 4 heterocycles. The number of benzene rings is 1. The molecule has 1 fully saturated rings. The summed E-state index contributed by atoms with van der Waals surface area (Å²) in [4.78, 5) is 37.5. The van der Waals surface area contributed by atoms with Crippen molar-refractivity contribution in [3.05, 3.63) is 59.8 Å². The predicted molar refractivity (Wildman–Crippen MR) is 151 cm³/mol. The number of allylic oxidation sites excluding steroid dienone is 1. The second kappa shape index (κ2) is 11.1. The van der Waals surface area contributed by atoms with Gasteiger partial charge in [0.05, 0.1) is 28.6 Å². The van der Waals surface area contributed by atoms with E-state index in [9.17, 15) is 4.79 Å². The van der Waals surface area contributed by atoms with Crippen LogP contribution in [0, 0.1) is 5.41 Å². The lowest BCUT2D eigenvalue weighted by Gasteiger charge is -2.38. The number of hydrogen-bond donors (Lipinski definition) is 3. The number of nitrogens with zero attached hydrogens (tertiary/aromatic N) is 6. The Labute approximate surface area is 225 Å². The van der Waals surface area contributed by atoms with Gasteiger partial charge in [-0.25, -0.2) is 15.0 Å². The summed E-state index contributed by atoms with van der Waals surface area (Å²) in [6, 6.07) is 5.66. The van der Waals surface area contributed by atoms with Crippen LogP contribution in [-0.4, -0.2) is 67.6 Å². The van der Waals surface area contributed by atoms with Crippen LogP contribution in [0.2, 0.25) is 5.02 Å². The van der Waals surface area contributed by atoms with Crippen LogP contribution < -0.4 is 10.2 Å². The molecule has 11 heteroatoms. The molecule has 0 bridgehead atoms. The fourth-order valence-corrected chi connectivity index (χ4v) is 5.04. The lowest BCUT2D eigenvalue weighted by Crippen LogP contribution is -2.50. The fraction of sp³-hybridized carbons (Fsp3) is 0.333. The van der Waals surface area contributed by atoms with E-state index >= 15 is 0 Å². The molecule has 38 heavy (non-hydrogen) atoms. The van der Waals surface area contributed by atoms with Crippen molar-refractivity contribution in [3.63, 3.8) is 0 Å². The highest BCUT2D eigenvalue weighted by Gasteiger charge is 2.28. The molecule has 1 saturated heterocycles. The number of hydrogen-bond acceptors (Lipinski definition) is 8. The molecular weight excluding hydrogens is 502 g/mol. The zero-order chi connectivity index (χ0) is 26.6. The summed E-state index contributed by atoms with van der Waals surface area (Å²) < 4.78 is 0. The second-order valence-corrected chi connectivity index (χ2v) is 9.68. The van der Waals surface area contributed by atoms with Crippen molar-refractivity contribution >= 4 is 56.8 Å². The molecule has 1 unspecified atom stereocenters. The summed E-state index contributed by atoms with van der Waals surface area (Å²) in [7, 11) is 0. The Balaban J connectivity index is 1.43. The molecule has 196 valence electrons. The number of aromatic amines is 1. The van der Waals surface area contributed by atoms with E-state index in [0.717, 1.165) is 40.5 Å². The van der Waals surface area contributed by atoms with Crippen LogP contribution in [0.5, 0.6) is 0 Å². The van der Waals surface area contributed by atoms with Crippen LogP contribution in [0.1, 0.15) is 38.3 Å². The van der Waals surface area contributed by atoms with Gasteiger partial charge in [0.1, 0.15) is 17.6 Å². The highest BCUT2D eigenvalue weighted by molar-refractivity contribution is 6.42. The molecule has 1 amide bonds. The number of nitrogens with one attached hydrogen (secondary N) is 3. The van der Waals surface area contributed by atoms with Crippen molar-refractivity contribution in [3.8, 4) is 0 Å². The van der Waals surface area contributed by atoms with Gasteiger partial charge in [-0.15, -0.1) is 0 Å². The van der Waals surface area contributed by atoms with Crippen molar-refractivity contribution in [1.82, 2.24) is 29.8 Å². The lowest BCUT2D eigenvalue weighted by molar-refractivity contribution is -0.124. The highest BCUT2D eigenvalue weighted by atomic mass is 35.5. The van der Waals surface area contributed by atoms with Crippen LogP contribution >= 0.6 is 11.6 Å². The first kappa shape index (κ1) is 25.6. The number of amides is 1. The second-order valence-electron chi connectivity index (χ2n) is 9.27. The van der Waals surface area contributed by atoms with E-state index in [4.69, 9.17) is 22.0 Å². The maximum absolute atomic E-state index is 12.8. The number of fused-ring (bicyclic) bond motifs is 2. The van der Waals surface area contributed by atoms with E-state index < -0.39 is 0 Å². The number of carbonyl (C=O) groups is 1. The molecule has 0 aliphatic carbocycles. The zero-order valence-electron chi connectivity index (χ0n) is 21.4. The molecule has 1 aliphatic rings. The van der Waals surface area contributed by atoms with E-state index in [2.05, 4.69) is 44.0 Å². The van der Waals surface area contributed by atoms with Gasteiger partial charge in [-0.2, -0.15) is 0 Å². The van der Waals surface area contributed by atoms with Gasteiger partial charge in [-0.1, -0.05) is 31.0 Å². The van der Waals surface area contributed by atoms with Gasteiger partial charge in [0.25, 0.3) is 5.91 Å². The van der Waals surface area contributed by atoms with Crippen molar-refractivity contribution < 1.29 is 4.79 Å². The van der Waals surface area contributed by atoms with E-state index in [-0.39, 0.29) is 17.7 Å². The summed E-state index contributed by atoms with van der Waals surface area (Å²) >= 11 is 6.74. The quantitative estimate of drug-likeness (QED) is 0.280. The average molecular weight is 532 g/mol. The molecular formula is C27H30ClN9O. The smallest absolute Gasteiger partial charge is 0.271 e. The Morgan fingerprint density at radius 3 is 2.84 bits per heavy atom. The first-order chi connectivity index (χ1) is 18.5. The maximum Gasteiger partial charge on any atom is 0.271 e. The minimum absolute atomic E-state index is 0.0268. The number of H-pyrrole nitrogens is 1. The summed E-state index contributed by atoms with van der Waals surface area (Å²) in [6.07, 6.45) is 10.2. The molecule has 0 spiro atoms. The normalized spacial score (nSPS) is 14.9. The number of piperazine rings is 1. The van der Waals surface area contributed by atoms with E-state index in [0.29, 0.717) is 42.7 Å². The van der Waals surface area contributed by atoms with Crippen LogP contribution in [0.25, 0.3) is 22.1 Å². The SMILES string of the molecule is CCCC=CC(=N)C(=O)N1CCN(c2c(C(C)Nc3ncnc4nc[nH]c34)cc(Cl)c3cccnc23)CC1. The first-order valence-electron chi connectivity index (χ1n) is 12.7. The fourth-order valence-electron chi connectivity index (χ4n) is 4.77. The number of unbranched alkanes of at least 4 members (excludes halogenated alkanes) is 1. The molecule has 3 aromatic heterocycles. The van der Waals surface area contributed by atoms with Crippen LogP contribution in [0.4, 0.5) is 11.5 Å². The van der Waals surface area contributed by atoms with Gasteiger partial charge in [0.15, 0.2) is 11.5 Å².